The fourth-order valence-corrected chi connectivity index (χ4v) is 4.00. The number of aromatic amines is 1. The van der Waals surface area contributed by atoms with Crippen molar-refractivity contribution < 1.29 is 0 Å². The van der Waals surface area contributed by atoms with Crippen LogP contribution in [0.25, 0.3) is 10.9 Å². The number of H-pyrrole nitrogens is 1. The molecule has 0 saturated heterocycles. The Morgan fingerprint density at radius 3 is 2.93 bits per heavy atom. The highest BCUT2D eigenvalue weighted by molar-refractivity contribution is 5.83. The van der Waals surface area contributed by atoms with Crippen molar-refractivity contribution in [3.05, 3.63) is 78.1 Å². The Labute approximate surface area is 164 Å². The van der Waals surface area contributed by atoms with Crippen LogP contribution in [-0.2, 0) is 12.8 Å². The first kappa shape index (κ1) is 16.8. The molecule has 0 aliphatic carbocycles. The number of para-hydroxylation sites is 2. The van der Waals surface area contributed by atoms with E-state index in [2.05, 4.69) is 74.9 Å². The molecule has 4 aromatic rings. The third-order valence-corrected chi connectivity index (χ3v) is 5.38. The molecular weight excluding hydrogens is 346 g/mol. The first-order valence-electron chi connectivity index (χ1n) is 9.86. The highest BCUT2D eigenvalue weighted by atomic mass is 15.2. The minimum absolute atomic E-state index is 0.681. The third-order valence-electron chi connectivity index (χ3n) is 5.38. The molecule has 0 saturated carbocycles. The van der Waals surface area contributed by atoms with Crippen LogP contribution < -0.4 is 10.2 Å². The van der Waals surface area contributed by atoms with Gasteiger partial charge >= 0.3 is 0 Å². The normalized spacial score (nSPS) is 13.5. The average Bonchev–Trinajstić information content (AvgIpc) is 3.17. The van der Waals surface area contributed by atoms with E-state index in [0.29, 0.717) is 5.95 Å². The first-order chi connectivity index (χ1) is 13.9. The predicted octanol–water partition coefficient (Wildman–Crippen LogP) is 4.70. The van der Waals surface area contributed by atoms with Gasteiger partial charge in [0.2, 0.25) is 5.95 Å². The summed E-state index contributed by atoms with van der Waals surface area (Å²) in [5.74, 6) is 1.64. The Morgan fingerprint density at radius 1 is 1.04 bits per heavy atom. The Kier molecular flexibility index (Phi) is 4.41. The molecule has 5 nitrogen and oxygen atoms in total. The van der Waals surface area contributed by atoms with Crippen molar-refractivity contribution in [2.24, 2.45) is 0 Å². The number of hydrogen-bond donors (Lipinski definition) is 2. The lowest BCUT2D eigenvalue weighted by atomic mass is 10.0. The van der Waals surface area contributed by atoms with Crippen LogP contribution in [0.4, 0.5) is 17.5 Å². The smallest absolute Gasteiger partial charge is 0.224 e. The van der Waals surface area contributed by atoms with Gasteiger partial charge in [0.15, 0.2) is 0 Å². The van der Waals surface area contributed by atoms with Crippen LogP contribution >= 0.6 is 0 Å². The predicted molar refractivity (Wildman–Crippen MR) is 114 cm³/mol. The van der Waals surface area contributed by atoms with Crippen LogP contribution in [0.15, 0.2) is 67.0 Å². The maximum absolute atomic E-state index is 4.77. The number of aromatic nitrogens is 3. The average molecular weight is 369 g/mol. The van der Waals surface area contributed by atoms with Gasteiger partial charge in [-0.2, -0.15) is 4.98 Å². The van der Waals surface area contributed by atoms with Crippen molar-refractivity contribution in [3.63, 3.8) is 0 Å². The zero-order chi connectivity index (χ0) is 18.8. The minimum atomic E-state index is 0.681. The molecule has 0 spiro atoms. The fraction of sp³-hybridized carbons (Fsp3) is 0.217. The summed E-state index contributed by atoms with van der Waals surface area (Å²) in [6.07, 6.45) is 7.13. The lowest BCUT2D eigenvalue weighted by Gasteiger charge is -2.30. The van der Waals surface area contributed by atoms with Crippen molar-refractivity contribution >= 4 is 28.4 Å². The molecule has 2 aromatic heterocycles. The summed E-state index contributed by atoms with van der Waals surface area (Å²) in [6, 6.07) is 19.0. The van der Waals surface area contributed by atoms with Crippen molar-refractivity contribution in [2.45, 2.75) is 19.3 Å². The number of nitrogens with one attached hydrogen (secondary N) is 2. The van der Waals surface area contributed by atoms with Crippen LogP contribution in [0.1, 0.15) is 17.5 Å². The van der Waals surface area contributed by atoms with E-state index in [9.17, 15) is 0 Å². The lowest BCUT2D eigenvalue weighted by molar-refractivity contribution is 0.758. The molecule has 0 amide bonds. The number of fused-ring (bicyclic) bond motifs is 2. The quantitative estimate of drug-likeness (QED) is 0.535. The van der Waals surface area contributed by atoms with Crippen molar-refractivity contribution in [1.29, 1.82) is 0 Å². The monoisotopic (exact) mass is 369 g/mol. The summed E-state index contributed by atoms with van der Waals surface area (Å²) in [4.78, 5) is 14.8. The summed E-state index contributed by atoms with van der Waals surface area (Å²) in [5.41, 5.74) is 5.14. The molecule has 5 rings (SSSR count). The van der Waals surface area contributed by atoms with E-state index in [0.717, 1.165) is 38.2 Å². The number of hydrogen-bond acceptors (Lipinski definition) is 4. The Hall–Kier alpha value is -3.34. The van der Waals surface area contributed by atoms with Crippen LogP contribution in [0.5, 0.6) is 0 Å². The summed E-state index contributed by atoms with van der Waals surface area (Å²) in [5, 5.41) is 4.67. The SMILES string of the molecule is c1ccc2c(c1)CCCN2c1ccnc(NCCc2c[nH]c3ccccc23)n1. The van der Waals surface area contributed by atoms with Gasteiger partial charge in [-0.15, -0.1) is 0 Å². The van der Waals surface area contributed by atoms with Crippen molar-refractivity contribution in [1.82, 2.24) is 15.0 Å². The van der Waals surface area contributed by atoms with Crippen LogP contribution in [-0.4, -0.2) is 28.0 Å². The highest BCUT2D eigenvalue weighted by Gasteiger charge is 2.19. The summed E-state index contributed by atoms with van der Waals surface area (Å²) < 4.78 is 0. The Bertz CT molecular complexity index is 1100. The molecule has 0 atom stereocenters. The lowest BCUT2D eigenvalue weighted by Crippen LogP contribution is -2.25. The van der Waals surface area contributed by atoms with E-state index < -0.39 is 0 Å². The van der Waals surface area contributed by atoms with Gasteiger partial charge in [-0.25, -0.2) is 4.98 Å². The highest BCUT2D eigenvalue weighted by Crippen LogP contribution is 2.32. The maximum atomic E-state index is 4.77. The minimum Gasteiger partial charge on any atom is -0.361 e. The molecule has 28 heavy (non-hydrogen) atoms. The summed E-state index contributed by atoms with van der Waals surface area (Å²) in [6.45, 7) is 1.78. The molecule has 0 radical (unpaired) electrons. The molecule has 0 bridgehead atoms. The van der Waals surface area contributed by atoms with E-state index in [1.165, 1.54) is 27.7 Å². The van der Waals surface area contributed by atoms with Gasteiger partial charge in [0.1, 0.15) is 5.82 Å². The topological polar surface area (TPSA) is 56.8 Å². The van der Waals surface area contributed by atoms with Gasteiger partial charge in [0.25, 0.3) is 0 Å². The van der Waals surface area contributed by atoms with Crippen LogP contribution in [0.2, 0.25) is 0 Å². The second-order valence-electron chi connectivity index (χ2n) is 7.16. The number of anilines is 3. The van der Waals surface area contributed by atoms with Gasteiger partial charge in [-0.05, 0) is 48.6 Å². The maximum Gasteiger partial charge on any atom is 0.224 e. The van der Waals surface area contributed by atoms with Gasteiger partial charge < -0.3 is 15.2 Å². The number of nitrogens with zero attached hydrogens (tertiary/aromatic N) is 3. The molecule has 5 heteroatoms. The third kappa shape index (κ3) is 3.20. The number of aryl methyl sites for hydroxylation is 1. The van der Waals surface area contributed by atoms with Crippen molar-refractivity contribution in [2.75, 3.05) is 23.3 Å². The van der Waals surface area contributed by atoms with Gasteiger partial charge in [-0.1, -0.05) is 36.4 Å². The summed E-state index contributed by atoms with van der Waals surface area (Å²) in [7, 11) is 0. The van der Waals surface area contributed by atoms with Gasteiger partial charge in [0, 0.05) is 42.1 Å². The standard InChI is InChI=1S/C23H23N5/c1-4-10-21-17(6-1)7-5-15-28(21)22-12-14-25-23(27-22)24-13-11-18-16-26-20-9-3-2-8-19(18)20/h1-4,6,8-10,12,14,16,26H,5,7,11,13,15H2,(H,24,25,27). The van der Waals surface area contributed by atoms with E-state index in [1.807, 2.05) is 12.3 Å². The summed E-state index contributed by atoms with van der Waals surface area (Å²) >= 11 is 0. The van der Waals surface area contributed by atoms with E-state index in [1.54, 1.807) is 0 Å². The number of rotatable bonds is 5. The Balaban J connectivity index is 1.30. The van der Waals surface area contributed by atoms with Gasteiger partial charge in [0.05, 0.1) is 0 Å². The van der Waals surface area contributed by atoms with Crippen LogP contribution in [0, 0.1) is 0 Å². The Morgan fingerprint density at radius 2 is 1.93 bits per heavy atom. The molecule has 3 heterocycles. The molecule has 2 aromatic carbocycles. The molecule has 2 N–H and O–H groups in total. The molecule has 1 aliphatic heterocycles. The zero-order valence-corrected chi connectivity index (χ0v) is 15.7. The largest absolute Gasteiger partial charge is 0.361 e. The first-order valence-corrected chi connectivity index (χ1v) is 9.86. The molecular formula is C23H23N5. The molecule has 1 aliphatic rings. The van der Waals surface area contributed by atoms with Gasteiger partial charge in [-0.3, -0.25) is 0 Å². The molecule has 0 fully saturated rings. The number of benzene rings is 2. The van der Waals surface area contributed by atoms with E-state index in [4.69, 9.17) is 4.98 Å². The van der Waals surface area contributed by atoms with Crippen molar-refractivity contribution in [3.8, 4) is 0 Å². The second kappa shape index (κ2) is 7.35. The zero-order valence-electron chi connectivity index (χ0n) is 15.7. The van der Waals surface area contributed by atoms with E-state index in [-0.39, 0.29) is 0 Å². The fourth-order valence-electron chi connectivity index (χ4n) is 4.00. The second-order valence-corrected chi connectivity index (χ2v) is 7.16. The van der Waals surface area contributed by atoms with E-state index >= 15 is 0 Å². The van der Waals surface area contributed by atoms with Crippen LogP contribution in [0.3, 0.4) is 0 Å². The molecule has 0 unspecified atom stereocenters. The molecule has 140 valence electrons.